The molecule has 0 atom stereocenters. The normalized spacial score (nSPS) is 11.5. The summed E-state index contributed by atoms with van der Waals surface area (Å²) in [6, 6.07) is 18.6. The van der Waals surface area contributed by atoms with Crippen molar-refractivity contribution in [1.82, 2.24) is 5.16 Å². The predicted octanol–water partition coefficient (Wildman–Crippen LogP) is 5.02. The Kier molecular flexibility index (Phi) is 3.95. The van der Waals surface area contributed by atoms with Crippen LogP contribution in [-0.2, 0) is 5.41 Å². The van der Waals surface area contributed by atoms with Crippen LogP contribution in [-0.4, -0.2) is 12.2 Å². The average molecular weight is 306 g/mol. The summed E-state index contributed by atoms with van der Waals surface area (Å²) in [5.41, 5.74) is 5.21. The van der Waals surface area contributed by atoms with Crippen molar-refractivity contribution in [2.45, 2.75) is 26.2 Å². The fraction of sp³-hybridized carbons (Fsp3) is 0.250. The molecule has 1 aromatic heterocycles. The number of hydrogen-bond donors (Lipinski definition) is 1. The minimum Gasteiger partial charge on any atom is -0.388 e. The van der Waals surface area contributed by atoms with E-state index in [9.17, 15) is 0 Å². The van der Waals surface area contributed by atoms with Gasteiger partial charge in [0.1, 0.15) is 11.5 Å². The maximum absolute atomic E-state index is 5.71. The average Bonchev–Trinajstić information content (AvgIpc) is 3.06. The molecular formula is C20H22N2O. The molecule has 0 aliphatic heterocycles. The first-order chi connectivity index (χ1) is 11.0. The SMILES string of the molecule is CNc1ccccc1C(C)(C)c1cc(-c2ccccc2C)no1. The van der Waals surface area contributed by atoms with Gasteiger partial charge in [0.25, 0.3) is 0 Å². The van der Waals surface area contributed by atoms with Crippen molar-refractivity contribution in [2.24, 2.45) is 0 Å². The number of aromatic nitrogens is 1. The van der Waals surface area contributed by atoms with Gasteiger partial charge in [0, 0.05) is 24.4 Å². The maximum atomic E-state index is 5.71. The van der Waals surface area contributed by atoms with Crippen molar-refractivity contribution in [3.63, 3.8) is 0 Å². The van der Waals surface area contributed by atoms with E-state index in [0.717, 1.165) is 22.7 Å². The van der Waals surface area contributed by atoms with Crippen LogP contribution in [0.1, 0.15) is 30.7 Å². The number of rotatable bonds is 4. The molecule has 0 bridgehead atoms. The molecule has 0 radical (unpaired) electrons. The highest BCUT2D eigenvalue weighted by Gasteiger charge is 2.30. The minimum atomic E-state index is -0.270. The summed E-state index contributed by atoms with van der Waals surface area (Å²) in [5.74, 6) is 0.860. The third-order valence-corrected chi connectivity index (χ3v) is 4.42. The van der Waals surface area contributed by atoms with Crippen LogP contribution in [0.25, 0.3) is 11.3 Å². The topological polar surface area (TPSA) is 38.1 Å². The quantitative estimate of drug-likeness (QED) is 0.735. The highest BCUT2D eigenvalue weighted by atomic mass is 16.5. The predicted molar refractivity (Wildman–Crippen MR) is 94.8 cm³/mol. The van der Waals surface area contributed by atoms with Gasteiger partial charge in [0.15, 0.2) is 0 Å². The molecule has 0 unspecified atom stereocenters. The van der Waals surface area contributed by atoms with Gasteiger partial charge in [0.2, 0.25) is 0 Å². The Morgan fingerprint density at radius 1 is 1.00 bits per heavy atom. The number of nitrogens with zero attached hydrogens (tertiary/aromatic N) is 1. The molecule has 23 heavy (non-hydrogen) atoms. The van der Waals surface area contributed by atoms with Crippen molar-refractivity contribution in [3.05, 3.63) is 71.5 Å². The zero-order chi connectivity index (χ0) is 16.4. The van der Waals surface area contributed by atoms with Gasteiger partial charge < -0.3 is 9.84 Å². The van der Waals surface area contributed by atoms with Gasteiger partial charge in [-0.05, 0) is 38.0 Å². The minimum absolute atomic E-state index is 0.270. The zero-order valence-corrected chi connectivity index (χ0v) is 14.1. The Morgan fingerprint density at radius 2 is 1.70 bits per heavy atom. The molecule has 0 aliphatic rings. The highest BCUT2D eigenvalue weighted by Crippen LogP contribution is 2.37. The van der Waals surface area contributed by atoms with E-state index in [4.69, 9.17) is 4.52 Å². The Morgan fingerprint density at radius 3 is 2.43 bits per heavy atom. The van der Waals surface area contributed by atoms with E-state index in [1.807, 2.05) is 25.2 Å². The van der Waals surface area contributed by atoms with Gasteiger partial charge in [-0.3, -0.25) is 0 Å². The van der Waals surface area contributed by atoms with Crippen LogP contribution in [0.15, 0.2) is 59.1 Å². The van der Waals surface area contributed by atoms with Crippen molar-refractivity contribution in [3.8, 4) is 11.3 Å². The van der Waals surface area contributed by atoms with Crippen molar-refractivity contribution >= 4 is 5.69 Å². The Bertz CT molecular complexity index is 818. The summed E-state index contributed by atoms with van der Waals surface area (Å²) in [6.07, 6.45) is 0. The molecule has 118 valence electrons. The number of hydrogen-bond acceptors (Lipinski definition) is 3. The monoisotopic (exact) mass is 306 g/mol. The second-order valence-electron chi connectivity index (χ2n) is 6.31. The highest BCUT2D eigenvalue weighted by molar-refractivity contribution is 5.64. The van der Waals surface area contributed by atoms with Crippen LogP contribution >= 0.6 is 0 Å². The Balaban J connectivity index is 2.04. The van der Waals surface area contributed by atoms with E-state index in [1.54, 1.807) is 0 Å². The molecule has 3 nitrogen and oxygen atoms in total. The molecule has 0 saturated heterocycles. The summed E-state index contributed by atoms with van der Waals surface area (Å²) < 4.78 is 5.71. The van der Waals surface area contributed by atoms with E-state index in [2.05, 4.69) is 67.6 Å². The summed E-state index contributed by atoms with van der Waals surface area (Å²) >= 11 is 0. The number of nitrogens with one attached hydrogen (secondary N) is 1. The van der Waals surface area contributed by atoms with Crippen LogP contribution in [0.3, 0.4) is 0 Å². The zero-order valence-electron chi connectivity index (χ0n) is 14.1. The van der Waals surface area contributed by atoms with Gasteiger partial charge in [-0.25, -0.2) is 0 Å². The molecule has 1 heterocycles. The number of para-hydroxylation sites is 1. The molecule has 2 aromatic carbocycles. The molecule has 0 saturated carbocycles. The number of anilines is 1. The van der Waals surface area contributed by atoms with E-state index in [0.29, 0.717) is 0 Å². The van der Waals surface area contributed by atoms with E-state index in [-0.39, 0.29) is 5.41 Å². The van der Waals surface area contributed by atoms with Crippen molar-refractivity contribution in [2.75, 3.05) is 12.4 Å². The van der Waals surface area contributed by atoms with Gasteiger partial charge in [-0.2, -0.15) is 0 Å². The van der Waals surface area contributed by atoms with E-state index in [1.165, 1.54) is 11.1 Å². The van der Waals surface area contributed by atoms with E-state index < -0.39 is 0 Å². The molecule has 0 fully saturated rings. The summed E-state index contributed by atoms with van der Waals surface area (Å²) in [7, 11) is 1.94. The largest absolute Gasteiger partial charge is 0.388 e. The standard InChI is InChI=1S/C20H22N2O/c1-14-9-5-6-10-15(14)18-13-19(23-22-18)20(2,3)16-11-7-8-12-17(16)21-4/h5-13,21H,1-4H3. The molecule has 1 N–H and O–H groups in total. The lowest BCUT2D eigenvalue weighted by Crippen LogP contribution is -2.19. The van der Waals surface area contributed by atoms with Gasteiger partial charge in [-0.15, -0.1) is 0 Å². The molecule has 3 rings (SSSR count). The van der Waals surface area contributed by atoms with Crippen LogP contribution < -0.4 is 5.32 Å². The first-order valence-electron chi connectivity index (χ1n) is 7.84. The van der Waals surface area contributed by atoms with Gasteiger partial charge in [0.05, 0.1) is 5.41 Å². The maximum Gasteiger partial charge on any atom is 0.147 e. The Hall–Kier alpha value is -2.55. The fourth-order valence-corrected chi connectivity index (χ4v) is 2.94. The van der Waals surface area contributed by atoms with Gasteiger partial charge in [-0.1, -0.05) is 47.6 Å². The first-order valence-corrected chi connectivity index (χ1v) is 7.84. The first kappa shape index (κ1) is 15.3. The van der Waals surface area contributed by atoms with Crippen LogP contribution in [0, 0.1) is 6.92 Å². The third-order valence-electron chi connectivity index (χ3n) is 4.42. The second-order valence-corrected chi connectivity index (χ2v) is 6.31. The number of benzene rings is 2. The van der Waals surface area contributed by atoms with Crippen LogP contribution in [0.2, 0.25) is 0 Å². The summed E-state index contributed by atoms with van der Waals surface area (Å²) in [5, 5.41) is 7.56. The second kappa shape index (κ2) is 5.92. The molecule has 3 aromatic rings. The summed E-state index contributed by atoms with van der Waals surface area (Å²) in [6.45, 7) is 6.40. The van der Waals surface area contributed by atoms with Gasteiger partial charge >= 0.3 is 0 Å². The summed E-state index contributed by atoms with van der Waals surface area (Å²) in [4.78, 5) is 0. The lowest BCUT2D eigenvalue weighted by Gasteiger charge is -2.24. The molecule has 0 spiro atoms. The van der Waals surface area contributed by atoms with Crippen LogP contribution in [0.4, 0.5) is 5.69 Å². The lowest BCUT2D eigenvalue weighted by atomic mass is 9.81. The molecule has 0 amide bonds. The van der Waals surface area contributed by atoms with Crippen molar-refractivity contribution < 1.29 is 4.52 Å². The molecular weight excluding hydrogens is 284 g/mol. The Labute approximate surface area is 137 Å². The molecule has 3 heteroatoms. The molecule has 0 aliphatic carbocycles. The lowest BCUT2D eigenvalue weighted by molar-refractivity contribution is 0.342. The number of aryl methyl sites for hydroxylation is 1. The van der Waals surface area contributed by atoms with E-state index >= 15 is 0 Å². The third kappa shape index (κ3) is 2.74. The van der Waals surface area contributed by atoms with Crippen molar-refractivity contribution in [1.29, 1.82) is 0 Å². The fourth-order valence-electron chi connectivity index (χ4n) is 2.94. The van der Waals surface area contributed by atoms with Crippen LogP contribution in [0.5, 0.6) is 0 Å². The smallest absolute Gasteiger partial charge is 0.147 e.